The molecule has 1 heterocycles. The maximum Gasteiger partial charge on any atom is 0.408 e. The number of carbonyl (C=O) groups is 1. The van der Waals surface area contributed by atoms with E-state index in [0.717, 1.165) is 6.54 Å². The fourth-order valence-corrected chi connectivity index (χ4v) is 1.97. The molecule has 0 radical (unpaired) electrons. The number of amides is 1. The van der Waals surface area contributed by atoms with Crippen molar-refractivity contribution in [1.82, 2.24) is 10.6 Å². The van der Waals surface area contributed by atoms with Gasteiger partial charge in [0.1, 0.15) is 11.1 Å². The summed E-state index contributed by atoms with van der Waals surface area (Å²) in [6, 6.07) is 2.43. The minimum absolute atomic E-state index is 0.221. The van der Waals surface area contributed by atoms with Crippen LogP contribution in [0.25, 0.3) is 0 Å². The molecule has 2 unspecified atom stereocenters. The molecular weight excluding hydrogens is 218 g/mol. The summed E-state index contributed by atoms with van der Waals surface area (Å²) in [5.41, 5.74) is -1.34. The summed E-state index contributed by atoms with van der Waals surface area (Å²) >= 11 is 0. The number of nitrogens with one attached hydrogen (secondary N) is 2. The van der Waals surface area contributed by atoms with Crippen LogP contribution < -0.4 is 10.6 Å². The Bertz CT molecular complexity index is 330. The van der Waals surface area contributed by atoms with E-state index in [-0.39, 0.29) is 6.04 Å². The molecule has 0 aromatic rings. The molecule has 5 heteroatoms. The molecule has 1 amide bonds. The molecule has 17 heavy (non-hydrogen) atoms. The molecule has 0 aromatic carbocycles. The average molecular weight is 239 g/mol. The Morgan fingerprint density at radius 3 is 2.71 bits per heavy atom. The van der Waals surface area contributed by atoms with Crippen molar-refractivity contribution in [2.24, 2.45) is 0 Å². The molecule has 0 saturated carbocycles. The molecule has 2 N–H and O–H groups in total. The number of alkyl carbamates (subject to hydrolysis) is 1. The average Bonchev–Trinajstić information content (AvgIpc) is 2.14. The molecule has 1 saturated heterocycles. The molecule has 1 fully saturated rings. The van der Waals surface area contributed by atoms with Crippen molar-refractivity contribution in [3.8, 4) is 6.07 Å². The standard InChI is InChI=1S/C12H21N3O2/c1-9-7-12(8-13,5-6-14-9)15-10(16)17-11(2,3)4/h9,14H,5-7H2,1-4H3,(H,15,16). The molecule has 0 aromatic heterocycles. The van der Waals surface area contributed by atoms with E-state index in [4.69, 9.17) is 4.74 Å². The van der Waals surface area contributed by atoms with Crippen LogP contribution in [0.15, 0.2) is 0 Å². The highest BCUT2D eigenvalue weighted by atomic mass is 16.6. The summed E-state index contributed by atoms with van der Waals surface area (Å²) in [6.07, 6.45) is 0.684. The monoisotopic (exact) mass is 239 g/mol. The molecule has 0 aliphatic carbocycles. The van der Waals surface area contributed by atoms with Crippen LogP contribution in [0, 0.1) is 11.3 Å². The quantitative estimate of drug-likeness (QED) is 0.728. The summed E-state index contributed by atoms with van der Waals surface area (Å²) in [5, 5.41) is 15.2. The van der Waals surface area contributed by atoms with Crippen LogP contribution in [-0.2, 0) is 4.74 Å². The van der Waals surface area contributed by atoms with Crippen molar-refractivity contribution < 1.29 is 9.53 Å². The van der Waals surface area contributed by atoms with Gasteiger partial charge in [0.2, 0.25) is 0 Å². The molecular formula is C12H21N3O2. The number of hydrogen-bond acceptors (Lipinski definition) is 4. The summed E-state index contributed by atoms with van der Waals surface area (Å²) in [6.45, 7) is 8.14. The summed E-state index contributed by atoms with van der Waals surface area (Å²) in [4.78, 5) is 11.7. The lowest BCUT2D eigenvalue weighted by Crippen LogP contribution is -2.56. The van der Waals surface area contributed by atoms with Gasteiger partial charge in [-0.2, -0.15) is 5.26 Å². The number of ether oxygens (including phenoxy) is 1. The Kier molecular flexibility index (Phi) is 3.99. The molecule has 1 aliphatic rings. The summed E-state index contributed by atoms with van der Waals surface area (Å²) in [5.74, 6) is 0. The highest BCUT2D eigenvalue weighted by Crippen LogP contribution is 2.21. The third-order valence-corrected chi connectivity index (χ3v) is 2.65. The van der Waals surface area contributed by atoms with Gasteiger partial charge in [-0.3, -0.25) is 0 Å². The topological polar surface area (TPSA) is 74.2 Å². The van der Waals surface area contributed by atoms with Crippen LogP contribution in [0.3, 0.4) is 0 Å². The van der Waals surface area contributed by atoms with Crippen molar-refractivity contribution >= 4 is 6.09 Å². The van der Waals surface area contributed by atoms with Gasteiger partial charge < -0.3 is 15.4 Å². The van der Waals surface area contributed by atoms with Gasteiger partial charge in [-0.25, -0.2) is 4.79 Å². The van der Waals surface area contributed by atoms with Crippen LogP contribution >= 0.6 is 0 Å². The van der Waals surface area contributed by atoms with Gasteiger partial charge in [0.05, 0.1) is 6.07 Å². The first-order valence-electron chi connectivity index (χ1n) is 5.92. The fraction of sp³-hybridized carbons (Fsp3) is 0.833. The second-order valence-corrected chi connectivity index (χ2v) is 5.63. The van der Waals surface area contributed by atoms with Crippen LogP contribution in [0.2, 0.25) is 0 Å². The molecule has 2 atom stereocenters. The van der Waals surface area contributed by atoms with Crippen molar-refractivity contribution in [3.63, 3.8) is 0 Å². The zero-order chi connectivity index (χ0) is 13.1. The maximum absolute atomic E-state index is 11.7. The van der Waals surface area contributed by atoms with Crippen molar-refractivity contribution in [2.75, 3.05) is 6.54 Å². The van der Waals surface area contributed by atoms with E-state index in [1.54, 1.807) is 20.8 Å². The number of piperidine rings is 1. The van der Waals surface area contributed by atoms with Gasteiger partial charge in [0.15, 0.2) is 0 Å². The van der Waals surface area contributed by atoms with Gasteiger partial charge in [-0.05, 0) is 47.1 Å². The first-order valence-corrected chi connectivity index (χ1v) is 5.92. The van der Waals surface area contributed by atoms with Crippen LogP contribution in [0.1, 0.15) is 40.5 Å². The number of nitriles is 1. The predicted molar refractivity (Wildman–Crippen MR) is 64.4 cm³/mol. The molecule has 5 nitrogen and oxygen atoms in total. The van der Waals surface area contributed by atoms with Gasteiger partial charge in [-0.15, -0.1) is 0 Å². The van der Waals surface area contributed by atoms with E-state index in [2.05, 4.69) is 16.7 Å². The largest absolute Gasteiger partial charge is 0.444 e. The third kappa shape index (κ3) is 4.23. The molecule has 0 spiro atoms. The van der Waals surface area contributed by atoms with Crippen molar-refractivity contribution in [1.29, 1.82) is 5.26 Å². The first-order chi connectivity index (χ1) is 7.76. The predicted octanol–water partition coefficient (Wildman–Crippen LogP) is 1.55. The van der Waals surface area contributed by atoms with E-state index < -0.39 is 17.2 Å². The van der Waals surface area contributed by atoms with Crippen molar-refractivity contribution in [2.45, 2.75) is 57.7 Å². The molecule has 96 valence electrons. The zero-order valence-electron chi connectivity index (χ0n) is 11.0. The second-order valence-electron chi connectivity index (χ2n) is 5.63. The SMILES string of the molecule is CC1CC(C#N)(NC(=O)OC(C)(C)C)CCN1. The summed E-state index contributed by atoms with van der Waals surface area (Å²) < 4.78 is 5.18. The Morgan fingerprint density at radius 1 is 1.59 bits per heavy atom. The fourth-order valence-electron chi connectivity index (χ4n) is 1.97. The van der Waals surface area contributed by atoms with Crippen LogP contribution in [-0.4, -0.2) is 29.8 Å². The van der Waals surface area contributed by atoms with Crippen LogP contribution in [0.4, 0.5) is 4.79 Å². The molecule has 1 rings (SSSR count). The minimum Gasteiger partial charge on any atom is -0.444 e. The normalized spacial score (nSPS) is 29.2. The molecule has 1 aliphatic heterocycles. The lowest BCUT2D eigenvalue weighted by Gasteiger charge is -2.36. The van der Waals surface area contributed by atoms with Crippen molar-refractivity contribution in [3.05, 3.63) is 0 Å². The molecule has 0 bridgehead atoms. The van der Waals surface area contributed by atoms with Crippen LogP contribution in [0.5, 0.6) is 0 Å². The second kappa shape index (κ2) is 4.92. The van der Waals surface area contributed by atoms with Gasteiger partial charge in [-0.1, -0.05) is 0 Å². The Labute approximate surface area is 103 Å². The van der Waals surface area contributed by atoms with E-state index in [1.165, 1.54) is 0 Å². The number of carbonyl (C=O) groups excluding carboxylic acids is 1. The number of nitrogens with zero attached hydrogens (tertiary/aromatic N) is 1. The Hall–Kier alpha value is -1.28. The van der Waals surface area contributed by atoms with E-state index in [0.29, 0.717) is 12.8 Å². The third-order valence-electron chi connectivity index (χ3n) is 2.65. The zero-order valence-corrected chi connectivity index (χ0v) is 11.0. The maximum atomic E-state index is 11.7. The smallest absolute Gasteiger partial charge is 0.408 e. The minimum atomic E-state index is -0.799. The van der Waals surface area contributed by atoms with Gasteiger partial charge in [0.25, 0.3) is 0 Å². The highest BCUT2D eigenvalue weighted by molar-refractivity contribution is 5.69. The lowest BCUT2D eigenvalue weighted by molar-refractivity contribution is 0.0458. The lowest BCUT2D eigenvalue weighted by atomic mass is 9.86. The Balaban J connectivity index is 2.64. The van der Waals surface area contributed by atoms with E-state index >= 15 is 0 Å². The van der Waals surface area contributed by atoms with E-state index in [1.807, 2.05) is 6.92 Å². The Morgan fingerprint density at radius 2 is 2.24 bits per heavy atom. The number of hydrogen-bond donors (Lipinski definition) is 2. The highest BCUT2D eigenvalue weighted by Gasteiger charge is 2.37. The number of rotatable bonds is 1. The summed E-state index contributed by atoms with van der Waals surface area (Å²) in [7, 11) is 0. The van der Waals surface area contributed by atoms with E-state index in [9.17, 15) is 10.1 Å². The first kappa shape index (κ1) is 13.8. The van der Waals surface area contributed by atoms with Gasteiger partial charge >= 0.3 is 6.09 Å². The van der Waals surface area contributed by atoms with Gasteiger partial charge in [0, 0.05) is 6.04 Å².